The van der Waals surface area contributed by atoms with Crippen LogP contribution in [0.1, 0.15) is 21.7 Å². The summed E-state index contributed by atoms with van der Waals surface area (Å²) in [4.78, 5) is 17.0. The smallest absolute Gasteiger partial charge is 0.255 e. The number of hydrogen-bond donors (Lipinski definition) is 0. The fourth-order valence-electron chi connectivity index (χ4n) is 3.16. The lowest BCUT2D eigenvalue weighted by atomic mass is 10.1. The molecular formula is C19H20ClN5O. The third-order valence-electron chi connectivity index (χ3n) is 4.79. The Morgan fingerprint density at radius 1 is 1.04 bits per heavy atom. The molecule has 0 saturated carbocycles. The minimum absolute atomic E-state index is 0.0612. The van der Waals surface area contributed by atoms with Gasteiger partial charge < -0.3 is 9.80 Å². The Labute approximate surface area is 157 Å². The van der Waals surface area contributed by atoms with Crippen LogP contribution in [0, 0.1) is 0 Å². The Kier molecular flexibility index (Phi) is 4.61. The number of nitrogens with zero attached hydrogens (tertiary/aromatic N) is 5. The van der Waals surface area contributed by atoms with Crippen molar-refractivity contribution in [2.24, 2.45) is 0 Å². The molecule has 134 valence electrons. The number of likely N-dealkylation sites (N-methyl/N-ethyl adjacent to an activating group) is 1. The predicted octanol–water partition coefficient (Wildman–Crippen LogP) is 2.36. The number of benzene rings is 1. The highest BCUT2D eigenvalue weighted by Crippen LogP contribution is 2.15. The minimum Gasteiger partial charge on any atom is -0.336 e. The normalized spacial score (nSPS) is 15.5. The van der Waals surface area contributed by atoms with Gasteiger partial charge in [-0.1, -0.05) is 23.7 Å². The monoisotopic (exact) mass is 369 g/mol. The Morgan fingerprint density at radius 2 is 1.77 bits per heavy atom. The van der Waals surface area contributed by atoms with Gasteiger partial charge in [0.05, 0.1) is 5.56 Å². The van der Waals surface area contributed by atoms with E-state index in [1.807, 2.05) is 51.9 Å². The average molecular weight is 370 g/mol. The van der Waals surface area contributed by atoms with Crippen molar-refractivity contribution < 1.29 is 4.79 Å². The second kappa shape index (κ2) is 7.05. The lowest BCUT2D eigenvalue weighted by molar-refractivity contribution is 0.0663. The Hall–Kier alpha value is -2.44. The Morgan fingerprint density at radius 3 is 2.50 bits per heavy atom. The summed E-state index contributed by atoms with van der Waals surface area (Å²) in [6.45, 7) is 3.32. The molecule has 0 aliphatic carbocycles. The molecule has 1 amide bonds. The highest BCUT2D eigenvalue weighted by atomic mass is 35.5. The number of pyridine rings is 1. The van der Waals surface area contributed by atoms with E-state index < -0.39 is 0 Å². The molecule has 1 aliphatic rings. The molecule has 4 rings (SSSR count). The maximum atomic E-state index is 12.8. The van der Waals surface area contributed by atoms with Crippen LogP contribution in [0.4, 0.5) is 0 Å². The van der Waals surface area contributed by atoms with Gasteiger partial charge in [-0.15, -0.1) is 10.2 Å². The van der Waals surface area contributed by atoms with Crippen LogP contribution < -0.4 is 0 Å². The fourth-order valence-corrected chi connectivity index (χ4v) is 3.29. The van der Waals surface area contributed by atoms with Crippen LogP contribution >= 0.6 is 11.6 Å². The molecule has 2 aromatic heterocycles. The number of carbonyl (C=O) groups is 1. The van der Waals surface area contributed by atoms with Crippen LogP contribution in [0.3, 0.4) is 0 Å². The Bertz CT molecular complexity index is 929. The number of piperazine rings is 1. The standard InChI is InChI=1S/C19H20ClN5O/c1-23-8-10-24(11-9-23)19(26)15-4-7-17-21-22-18(25(17)13-15)12-14-2-5-16(20)6-3-14/h2-7,13H,8-12H2,1H3. The van der Waals surface area contributed by atoms with E-state index in [1.54, 1.807) is 0 Å². The molecule has 3 aromatic rings. The first-order valence-electron chi connectivity index (χ1n) is 8.66. The van der Waals surface area contributed by atoms with Gasteiger partial charge in [0.2, 0.25) is 0 Å². The summed E-state index contributed by atoms with van der Waals surface area (Å²) in [7, 11) is 2.08. The van der Waals surface area contributed by atoms with E-state index in [4.69, 9.17) is 11.6 Å². The number of fused-ring (bicyclic) bond motifs is 1. The first-order valence-corrected chi connectivity index (χ1v) is 9.04. The number of aromatic nitrogens is 3. The summed E-state index contributed by atoms with van der Waals surface area (Å²) < 4.78 is 1.90. The molecule has 0 radical (unpaired) electrons. The second-order valence-corrected chi connectivity index (χ2v) is 7.10. The van der Waals surface area contributed by atoms with E-state index in [0.717, 1.165) is 43.2 Å². The predicted molar refractivity (Wildman–Crippen MR) is 101 cm³/mol. The molecule has 1 aromatic carbocycles. The van der Waals surface area contributed by atoms with Gasteiger partial charge in [0, 0.05) is 43.8 Å². The topological polar surface area (TPSA) is 53.7 Å². The van der Waals surface area contributed by atoms with Crippen LogP contribution in [-0.4, -0.2) is 63.5 Å². The third-order valence-corrected chi connectivity index (χ3v) is 5.04. The first-order chi connectivity index (χ1) is 12.6. The molecule has 6 nitrogen and oxygen atoms in total. The van der Waals surface area contributed by atoms with Gasteiger partial charge in [0.15, 0.2) is 5.65 Å². The van der Waals surface area contributed by atoms with Crippen molar-refractivity contribution in [1.29, 1.82) is 0 Å². The van der Waals surface area contributed by atoms with Crippen molar-refractivity contribution in [2.75, 3.05) is 33.2 Å². The largest absolute Gasteiger partial charge is 0.336 e. The SMILES string of the molecule is CN1CCN(C(=O)c2ccc3nnc(Cc4ccc(Cl)cc4)n3c2)CC1. The molecule has 0 unspecified atom stereocenters. The molecule has 0 N–H and O–H groups in total. The quantitative estimate of drug-likeness (QED) is 0.711. The van der Waals surface area contributed by atoms with Gasteiger partial charge in [0.1, 0.15) is 5.82 Å². The van der Waals surface area contributed by atoms with Crippen LogP contribution in [0.2, 0.25) is 5.02 Å². The van der Waals surface area contributed by atoms with Gasteiger partial charge in [-0.05, 0) is 36.9 Å². The molecule has 26 heavy (non-hydrogen) atoms. The van der Waals surface area contributed by atoms with Crippen molar-refractivity contribution in [2.45, 2.75) is 6.42 Å². The fraction of sp³-hybridized carbons (Fsp3) is 0.316. The lowest BCUT2D eigenvalue weighted by Gasteiger charge is -2.32. The summed E-state index contributed by atoms with van der Waals surface area (Å²) >= 11 is 5.95. The highest BCUT2D eigenvalue weighted by molar-refractivity contribution is 6.30. The van der Waals surface area contributed by atoms with Crippen LogP contribution in [0.25, 0.3) is 5.65 Å². The number of hydrogen-bond acceptors (Lipinski definition) is 4. The first kappa shape index (κ1) is 17.0. The zero-order chi connectivity index (χ0) is 18.1. The number of rotatable bonds is 3. The van der Waals surface area contributed by atoms with Crippen molar-refractivity contribution in [1.82, 2.24) is 24.4 Å². The molecule has 0 bridgehead atoms. The summed E-state index contributed by atoms with van der Waals surface area (Å²) in [5.41, 5.74) is 2.50. The highest BCUT2D eigenvalue weighted by Gasteiger charge is 2.21. The van der Waals surface area contributed by atoms with Crippen molar-refractivity contribution in [3.05, 3.63) is 64.6 Å². The van der Waals surface area contributed by atoms with E-state index in [1.165, 1.54) is 0 Å². The van der Waals surface area contributed by atoms with Crippen LogP contribution in [0.5, 0.6) is 0 Å². The number of halogens is 1. The maximum absolute atomic E-state index is 12.8. The average Bonchev–Trinajstić information content (AvgIpc) is 3.06. The van der Waals surface area contributed by atoms with Gasteiger partial charge >= 0.3 is 0 Å². The molecule has 1 aliphatic heterocycles. The van der Waals surface area contributed by atoms with Crippen LogP contribution in [-0.2, 0) is 6.42 Å². The van der Waals surface area contributed by atoms with Crippen molar-refractivity contribution in [3.63, 3.8) is 0 Å². The van der Waals surface area contributed by atoms with Crippen molar-refractivity contribution >= 4 is 23.2 Å². The number of carbonyl (C=O) groups excluding carboxylic acids is 1. The molecule has 0 spiro atoms. The molecule has 1 fully saturated rings. The van der Waals surface area contributed by atoms with E-state index in [9.17, 15) is 4.79 Å². The minimum atomic E-state index is 0.0612. The summed E-state index contributed by atoms with van der Waals surface area (Å²) in [5.74, 6) is 0.862. The van der Waals surface area contributed by atoms with Gasteiger partial charge in [0.25, 0.3) is 5.91 Å². The Balaban J connectivity index is 1.60. The van der Waals surface area contributed by atoms with Gasteiger partial charge in [-0.3, -0.25) is 9.20 Å². The molecular weight excluding hydrogens is 350 g/mol. The lowest BCUT2D eigenvalue weighted by Crippen LogP contribution is -2.47. The van der Waals surface area contributed by atoms with Crippen molar-refractivity contribution in [3.8, 4) is 0 Å². The van der Waals surface area contributed by atoms with E-state index in [2.05, 4.69) is 22.1 Å². The number of amides is 1. The van der Waals surface area contributed by atoms with E-state index in [-0.39, 0.29) is 5.91 Å². The second-order valence-electron chi connectivity index (χ2n) is 6.66. The zero-order valence-electron chi connectivity index (χ0n) is 14.6. The zero-order valence-corrected chi connectivity index (χ0v) is 15.4. The molecule has 1 saturated heterocycles. The maximum Gasteiger partial charge on any atom is 0.255 e. The molecule has 0 atom stereocenters. The summed E-state index contributed by atoms with van der Waals surface area (Å²) in [6, 6.07) is 11.4. The molecule has 7 heteroatoms. The van der Waals surface area contributed by atoms with Gasteiger partial charge in [-0.25, -0.2) is 0 Å². The summed E-state index contributed by atoms with van der Waals surface area (Å²) in [5, 5.41) is 9.20. The van der Waals surface area contributed by atoms with Crippen LogP contribution in [0.15, 0.2) is 42.6 Å². The molecule has 3 heterocycles. The third kappa shape index (κ3) is 3.43. The van der Waals surface area contributed by atoms with E-state index in [0.29, 0.717) is 17.0 Å². The van der Waals surface area contributed by atoms with E-state index >= 15 is 0 Å². The summed E-state index contributed by atoms with van der Waals surface area (Å²) in [6.07, 6.45) is 2.48. The van der Waals surface area contributed by atoms with Gasteiger partial charge in [-0.2, -0.15) is 0 Å².